The Morgan fingerprint density at radius 2 is 2.26 bits per heavy atom. The predicted molar refractivity (Wildman–Crippen MR) is 104 cm³/mol. The summed E-state index contributed by atoms with van der Waals surface area (Å²) in [5.74, 6) is -0.0636. The zero-order valence-electron chi connectivity index (χ0n) is 19.1. The van der Waals surface area contributed by atoms with Crippen LogP contribution in [0.1, 0.15) is 46.1 Å². The molecule has 2 aliphatic rings. The van der Waals surface area contributed by atoms with E-state index in [9.17, 15) is 22.8 Å². The number of ether oxygens (including phenoxy) is 1. The van der Waals surface area contributed by atoms with Crippen molar-refractivity contribution in [1.82, 2.24) is 15.3 Å². The van der Waals surface area contributed by atoms with Crippen molar-refractivity contribution in [2.45, 2.75) is 44.5 Å². The van der Waals surface area contributed by atoms with E-state index >= 15 is 0 Å². The Labute approximate surface area is 180 Å². The van der Waals surface area contributed by atoms with E-state index < -0.39 is 37.4 Å². The molecule has 1 aliphatic heterocycles. The Morgan fingerprint density at radius 1 is 1.42 bits per heavy atom. The number of halogens is 3. The third-order valence-corrected chi connectivity index (χ3v) is 5.20. The number of anilines is 1. The number of pyridine rings is 2. The van der Waals surface area contributed by atoms with Gasteiger partial charge in [0.1, 0.15) is 18.8 Å². The first-order chi connectivity index (χ1) is 16.0. The molecule has 1 amide bonds. The van der Waals surface area contributed by atoms with E-state index in [1.807, 2.05) is 0 Å². The highest BCUT2D eigenvalue weighted by molar-refractivity contribution is 5.78. The molecule has 31 heavy (non-hydrogen) atoms. The SMILES string of the molecule is [2H]C([2H])([2H])N1C(=C=O)OCc2cc(-c3cncc4c3CCC[C@H]4NC(=O)CC(F)(F)F)cnc21. The van der Waals surface area contributed by atoms with Crippen molar-refractivity contribution in [3.8, 4) is 11.1 Å². The van der Waals surface area contributed by atoms with Crippen LogP contribution in [0.5, 0.6) is 0 Å². The van der Waals surface area contributed by atoms with Gasteiger partial charge in [-0.15, -0.1) is 0 Å². The molecule has 0 spiro atoms. The lowest BCUT2D eigenvalue weighted by Gasteiger charge is -2.29. The molecule has 0 radical (unpaired) electrons. The number of nitrogens with one attached hydrogen (secondary N) is 1. The first-order valence-electron chi connectivity index (χ1n) is 11.0. The molecular weight excluding hydrogens is 413 g/mol. The molecule has 1 N–H and O–H groups in total. The van der Waals surface area contributed by atoms with Gasteiger partial charge in [-0.05, 0) is 36.5 Å². The molecule has 4 rings (SSSR count). The summed E-state index contributed by atoms with van der Waals surface area (Å²) < 4.78 is 66.1. The molecule has 2 aromatic heterocycles. The summed E-state index contributed by atoms with van der Waals surface area (Å²) in [6.45, 7) is -2.81. The van der Waals surface area contributed by atoms with Gasteiger partial charge >= 0.3 is 6.18 Å². The lowest BCUT2D eigenvalue weighted by atomic mass is 9.84. The van der Waals surface area contributed by atoms with Gasteiger partial charge in [-0.2, -0.15) is 13.2 Å². The smallest absolute Gasteiger partial charge is 0.397 e. The summed E-state index contributed by atoms with van der Waals surface area (Å²) in [7, 11) is 0. The predicted octanol–water partition coefficient (Wildman–Crippen LogP) is 3.23. The summed E-state index contributed by atoms with van der Waals surface area (Å²) >= 11 is 0. The fraction of sp³-hybridized carbons (Fsp3) is 0.381. The van der Waals surface area contributed by atoms with Gasteiger partial charge < -0.3 is 10.1 Å². The second kappa shape index (κ2) is 8.03. The third-order valence-electron chi connectivity index (χ3n) is 5.20. The second-order valence-corrected chi connectivity index (χ2v) is 7.30. The summed E-state index contributed by atoms with van der Waals surface area (Å²) in [6.07, 6.45) is 0.139. The maximum absolute atomic E-state index is 12.6. The summed E-state index contributed by atoms with van der Waals surface area (Å²) in [4.78, 5) is 32.2. The van der Waals surface area contributed by atoms with E-state index in [2.05, 4.69) is 15.3 Å². The van der Waals surface area contributed by atoms with Crippen molar-refractivity contribution in [1.29, 1.82) is 0 Å². The lowest BCUT2D eigenvalue weighted by Crippen LogP contribution is -2.34. The van der Waals surface area contributed by atoms with Crippen LogP contribution in [0.25, 0.3) is 11.1 Å². The Bertz CT molecular complexity index is 1180. The molecule has 0 saturated heterocycles. The third kappa shape index (κ3) is 4.25. The minimum Gasteiger partial charge on any atom is -0.466 e. The molecule has 10 heteroatoms. The molecule has 0 fully saturated rings. The van der Waals surface area contributed by atoms with Gasteiger partial charge in [0.15, 0.2) is 5.94 Å². The molecule has 1 atom stereocenters. The van der Waals surface area contributed by atoms with Crippen LogP contribution in [0.2, 0.25) is 0 Å². The molecule has 0 unspecified atom stereocenters. The standard InChI is InChI=1S/C21H19F3N4O3/c1-28-19(10-29)31-11-13-5-12(7-26-20(13)28)15-8-25-9-16-14(15)3-2-4-17(16)27-18(30)6-21(22,23)24/h5,7-9,17H,2-4,6,11H2,1H3,(H,27,30)/t17-/m1/s1/i1D3. The first-order valence-corrected chi connectivity index (χ1v) is 9.48. The lowest BCUT2D eigenvalue weighted by molar-refractivity contribution is -0.154. The van der Waals surface area contributed by atoms with Crippen LogP contribution < -0.4 is 10.2 Å². The van der Waals surface area contributed by atoms with Crippen molar-refractivity contribution in [2.75, 3.05) is 11.9 Å². The highest BCUT2D eigenvalue weighted by atomic mass is 19.4. The van der Waals surface area contributed by atoms with Crippen LogP contribution in [0, 0.1) is 0 Å². The van der Waals surface area contributed by atoms with Crippen molar-refractivity contribution in [3.63, 3.8) is 0 Å². The van der Waals surface area contributed by atoms with Gasteiger partial charge in [0.05, 0.1) is 6.04 Å². The minimum atomic E-state index is -4.60. The van der Waals surface area contributed by atoms with Crippen LogP contribution in [0.3, 0.4) is 0 Å². The van der Waals surface area contributed by atoms with E-state index in [4.69, 9.17) is 8.85 Å². The summed E-state index contributed by atoms with van der Waals surface area (Å²) in [5, 5.41) is 2.45. The van der Waals surface area contributed by atoms with Crippen LogP contribution in [-0.4, -0.2) is 35.0 Å². The maximum atomic E-state index is 12.6. The number of nitrogens with zero attached hydrogens (tertiary/aromatic N) is 3. The minimum absolute atomic E-state index is 0.0448. The average molecular weight is 435 g/mol. The van der Waals surface area contributed by atoms with E-state index in [-0.39, 0.29) is 12.4 Å². The fourth-order valence-corrected chi connectivity index (χ4v) is 3.89. The van der Waals surface area contributed by atoms with Gasteiger partial charge in [0.2, 0.25) is 5.91 Å². The van der Waals surface area contributed by atoms with Gasteiger partial charge in [0, 0.05) is 46.4 Å². The monoisotopic (exact) mass is 435 g/mol. The quantitative estimate of drug-likeness (QED) is 0.746. The van der Waals surface area contributed by atoms with E-state index in [1.54, 1.807) is 12.3 Å². The van der Waals surface area contributed by atoms with E-state index in [1.165, 1.54) is 18.3 Å². The van der Waals surface area contributed by atoms with Crippen molar-refractivity contribution < 1.29 is 31.6 Å². The van der Waals surface area contributed by atoms with Crippen LogP contribution in [-0.2, 0) is 27.4 Å². The Hall–Kier alpha value is -3.39. The highest BCUT2D eigenvalue weighted by Crippen LogP contribution is 2.37. The molecule has 3 heterocycles. The number of hydrogen-bond acceptors (Lipinski definition) is 6. The molecule has 1 aliphatic carbocycles. The Kier molecular flexibility index (Phi) is 4.49. The van der Waals surface area contributed by atoms with Crippen molar-refractivity contribution >= 4 is 17.7 Å². The maximum Gasteiger partial charge on any atom is 0.397 e. The molecule has 0 bridgehead atoms. The number of carbonyl (C=O) groups is 1. The Balaban J connectivity index is 1.68. The molecule has 0 saturated carbocycles. The van der Waals surface area contributed by atoms with Crippen LogP contribution in [0.15, 0.2) is 30.5 Å². The summed E-state index contributed by atoms with van der Waals surface area (Å²) in [5.41, 5.74) is 3.13. The fourth-order valence-electron chi connectivity index (χ4n) is 3.89. The summed E-state index contributed by atoms with van der Waals surface area (Å²) in [6, 6.07) is 1.07. The van der Waals surface area contributed by atoms with Crippen LogP contribution >= 0.6 is 0 Å². The van der Waals surface area contributed by atoms with Crippen LogP contribution in [0.4, 0.5) is 19.0 Å². The number of fused-ring (bicyclic) bond motifs is 2. The van der Waals surface area contributed by atoms with Gasteiger partial charge in [-0.3, -0.25) is 14.7 Å². The van der Waals surface area contributed by atoms with Gasteiger partial charge in [-0.25, -0.2) is 9.78 Å². The molecule has 7 nitrogen and oxygen atoms in total. The molecule has 2 aromatic rings. The number of hydrogen-bond donors (Lipinski definition) is 1. The second-order valence-electron chi connectivity index (χ2n) is 7.30. The molecular formula is C21H19F3N4O3. The van der Waals surface area contributed by atoms with Gasteiger partial charge in [-0.1, -0.05) is 0 Å². The average Bonchev–Trinajstić information content (AvgIpc) is 2.75. The van der Waals surface area contributed by atoms with E-state index in [0.29, 0.717) is 46.4 Å². The number of alkyl halides is 3. The topological polar surface area (TPSA) is 84.4 Å². The highest BCUT2D eigenvalue weighted by Gasteiger charge is 2.33. The molecule has 0 aromatic carbocycles. The molecule has 162 valence electrons. The van der Waals surface area contributed by atoms with Crippen molar-refractivity contribution in [3.05, 3.63) is 47.2 Å². The Morgan fingerprint density at radius 3 is 3.00 bits per heavy atom. The zero-order valence-corrected chi connectivity index (χ0v) is 16.1. The number of carbonyl (C=O) groups excluding carboxylic acids is 2. The number of rotatable bonds is 3. The zero-order chi connectivity index (χ0) is 24.7. The number of amides is 1. The largest absolute Gasteiger partial charge is 0.466 e. The normalized spacial score (nSPS) is 19.7. The van der Waals surface area contributed by atoms with E-state index in [0.717, 1.165) is 5.56 Å². The van der Waals surface area contributed by atoms with Crippen molar-refractivity contribution in [2.24, 2.45) is 0 Å². The van der Waals surface area contributed by atoms with Gasteiger partial charge in [0.25, 0.3) is 5.88 Å². The number of aromatic nitrogens is 2. The first kappa shape index (κ1) is 17.3.